The fraction of sp³-hybridized carbons (Fsp3) is 0.636. The highest BCUT2D eigenvalue weighted by atomic mass is 16.5. The molecule has 0 fully saturated rings. The van der Waals surface area contributed by atoms with Crippen LogP contribution < -0.4 is 15.8 Å². The molecule has 0 radical (unpaired) electrons. The lowest BCUT2D eigenvalue weighted by atomic mass is 10.5. The summed E-state index contributed by atoms with van der Waals surface area (Å²) < 4.78 is 10.4. The van der Waals surface area contributed by atoms with E-state index in [4.69, 9.17) is 15.2 Å². The minimum atomic E-state index is 0.186. The number of nitrogens with zero attached hydrogens (tertiary/aromatic N) is 3. The number of ether oxygens (including phenoxy) is 2. The molecule has 7 heteroatoms. The van der Waals surface area contributed by atoms with Crippen molar-refractivity contribution in [3.05, 3.63) is 6.07 Å². The summed E-state index contributed by atoms with van der Waals surface area (Å²) in [4.78, 5) is 10.0. The molecule has 0 aliphatic carbocycles. The van der Waals surface area contributed by atoms with Crippen LogP contribution in [-0.4, -0.2) is 62.4 Å². The average molecular weight is 255 g/mol. The van der Waals surface area contributed by atoms with E-state index in [0.717, 1.165) is 6.54 Å². The third kappa shape index (κ3) is 5.65. The van der Waals surface area contributed by atoms with Gasteiger partial charge in [-0.1, -0.05) is 0 Å². The predicted octanol–water partition coefficient (Wildman–Crippen LogP) is 0.0575. The highest BCUT2D eigenvalue weighted by molar-refractivity contribution is 5.42. The van der Waals surface area contributed by atoms with Crippen LogP contribution in [0, 0.1) is 0 Å². The second-order valence-electron chi connectivity index (χ2n) is 4.00. The first-order valence-corrected chi connectivity index (χ1v) is 5.76. The van der Waals surface area contributed by atoms with Gasteiger partial charge in [-0.3, -0.25) is 0 Å². The van der Waals surface area contributed by atoms with E-state index in [1.54, 1.807) is 6.07 Å². The largest absolute Gasteiger partial charge is 0.481 e. The molecule has 1 rings (SSSR count). The highest BCUT2D eigenvalue weighted by Crippen LogP contribution is 2.13. The molecule has 1 heterocycles. The molecule has 0 aliphatic rings. The molecule has 0 atom stereocenters. The molecule has 0 bridgehead atoms. The van der Waals surface area contributed by atoms with E-state index in [1.165, 1.54) is 7.11 Å². The standard InChI is InChI=1S/C11H21N5O2/c1-16(2)5-7-18-6-4-13-9-8-10(17-3)15-11(12)14-9/h8H,4-7H2,1-3H3,(H3,12,13,14,15). The van der Waals surface area contributed by atoms with Gasteiger partial charge in [-0.2, -0.15) is 9.97 Å². The minimum absolute atomic E-state index is 0.186. The van der Waals surface area contributed by atoms with E-state index in [2.05, 4.69) is 20.2 Å². The fourth-order valence-corrected chi connectivity index (χ4v) is 1.24. The lowest BCUT2D eigenvalue weighted by molar-refractivity contribution is 0.126. The summed E-state index contributed by atoms with van der Waals surface area (Å²) in [5.74, 6) is 1.26. The summed E-state index contributed by atoms with van der Waals surface area (Å²) in [6.45, 7) is 2.89. The van der Waals surface area contributed by atoms with Crippen LogP contribution in [-0.2, 0) is 4.74 Å². The molecule has 18 heavy (non-hydrogen) atoms. The van der Waals surface area contributed by atoms with Crippen molar-refractivity contribution in [3.8, 4) is 5.88 Å². The molecule has 0 aliphatic heterocycles. The molecule has 0 saturated heterocycles. The number of rotatable bonds is 8. The minimum Gasteiger partial charge on any atom is -0.481 e. The van der Waals surface area contributed by atoms with Gasteiger partial charge in [-0.15, -0.1) is 0 Å². The van der Waals surface area contributed by atoms with Gasteiger partial charge in [0, 0.05) is 19.2 Å². The first kappa shape index (κ1) is 14.5. The predicted molar refractivity (Wildman–Crippen MR) is 70.9 cm³/mol. The number of anilines is 2. The van der Waals surface area contributed by atoms with Crippen LogP contribution in [0.4, 0.5) is 11.8 Å². The molecule has 1 aromatic rings. The first-order valence-electron chi connectivity index (χ1n) is 5.76. The molecule has 7 nitrogen and oxygen atoms in total. The third-order valence-electron chi connectivity index (χ3n) is 2.16. The smallest absolute Gasteiger partial charge is 0.225 e. The molecular formula is C11H21N5O2. The zero-order valence-corrected chi connectivity index (χ0v) is 11.1. The topological polar surface area (TPSA) is 85.5 Å². The van der Waals surface area contributed by atoms with Gasteiger partial charge in [0.25, 0.3) is 0 Å². The van der Waals surface area contributed by atoms with Crippen LogP contribution in [0.15, 0.2) is 6.07 Å². The van der Waals surface area contributed by atoms with Gasteiger partial charge in [-0.25, -0.2) is 0 Å². The van der Waals surface area contributed by atoms with E-state index < -0.39 is 0 Å². The van der Waals surface area contributed by atoms with E-state index >= 15 is 0 Å². The molecule has 0 saturated carbocycles. The van der Waals surface area contributed by atoms with Crippen molar-refractivity contribution in [3.63, 3.8) is 0 Å². The maximum Gasteiger partial charge on any atom is 0.225 e. The van der Waals surface area contributed by atoms with Crippen LogP contribution in [0.2, 0.25) is 0 Å². The van der Waals surface area contributed by atoms with Crippen molar-refractivity contribution in [2.75, 3.05) is 58.6 Å². The number of likely N-dealkylation sites (N-methyl/N-ethyl adjacent to an activating group) is 1. The van der Waals surface area contributed by atoms with Crippen LogP contribution in [0.1, 0.15) is 0 Å². The maximum absolute atomic E-state index is 5.54. The summed E-state index contributed by atoms with van der Waals surface area (Å²) in [5.41, 5.74) is 5.54. The molecule has 0 unspecified atom stereocenters. The van der Waals surface area contributed by atoms with Gasteiger partial charge in [0.2, 0.25) is 11.8 Å². The van der Waals surface area contributed by atoms with Gasteiger partial charge >= 0.3 is 0 Å². The van der Waals surface area contributed by atoms with E-state index in [-0.39, 0.29) is 5.95 Å². The summed E-state index contributed by atoms with van der Waals surface area (Å²) in [7, 11) is 5.56. The monoisotopic (exact) mass is 255 g/mol. The highest BCUT2D eigenvalue weighted by Gasteiger charge is 2.01. The van der Waals surface area contributed by atoms with Crippen molar-refractivity contribution >= 4 is 11.8 Å². The second kappa shape index (κ2) is 7.67. The van der Waals surface area contributed by atoms with Crippen molar-refractivity contribution < 1.29 is 9.47 Å². The SMILES string of the molecule is COc1cc(NCCOCCN(C)C)nc(N)n1. The number of hydrogen-bond donors (Lipinski definition) is 2. The quantitative estimate of drug-likeness (QED) is 0.635. The zero-order valence-electron chi connectivity index (χ0n) is 11.1. The van der Waals surface area contributed by atoms with Crippen LogP contribution in [0.25, 0.3) is 0 Å². The maximum atomic E-state index is 5.54. The van der Waals surface area contributed by atoms with E-state index in [1.807, 2.05) is 14.1 Å². The number of methoxy groups -OCH3 is 1. The van der Waals surface area contributed by atoms with Gasteiger partial charge in [0.1, 0.15) is 5.82 Å². The lowest BCUT2D eigenvalue weighted by Gasteiger charge is -2.11. The summed E-state index contributed by atoms with van der Waals surface area (Å²) in [6, 6.07) is 1.69. The van der Waals surface area contributed by atoms with Crippen LogP contribution >= 0.6 is 0 Å². The van der Waals surface area contributed by atoms with Gasteiger partial charge < -0.3 is 25.4 Å². The number of aromatic nitrogens is 2. The Bertz CT molecular complexity index is 359. The Morgan fingerprint density at radius 2 is 2.11 bits per heavy atom. The van der Waals surface area contributed by atoms with E-state index in [0.29, 0.717) is 31.5 Å². The Balaban J connectivity index is 2.24. The Kier molecular flexibility index (Phi) is 6.16. The Labute approximate surface area is 107 Å². The molecule has 102 valence electrons. The molecule has 0 spiro atoms. The molecule has 0 aromatic carbocycles. The molecular weight excluding hydrogens is 234 g/mol. The molecule has 0 amide bonds. The van der Waals surface area contributed by atoms with Gasteiger partial charge in [0.15, 0.2) is 0 Å². The van der Waals surface area contributed by atoms with Crippen molar-refractivity contribution in [1.82, 2.24) is 14.9 Å². The number of nitrogens with two attached hydrogens (primary N) is 1. The summed E-state index contributed by atoms with van der Waals surface area (Å²) in [6.07, 6.45) is 0. The van der Waals surface area contributed by atoms with Crippen LogP contribution in [0.5, 0.6) is 5.88 Å². The van der Waals surface area contributed by atoms with Crippen molar-refractivity contribution in [2.45, 2.75) is 0 Å². The average Bonchev–Trinajstić information content (AvgIpc) is 2.32. The summed E-state index contributed by atoms with van der Waals surface area (Å²) >= 11 is 0. The van der Waals surface area contributed by atoms with E-state index in [9.17, 15) is 0 Å². The van der Waals surface area contributed by atoms with Crippen molar-refractivity contribution in [1.29, 1.82) is 0 Å². The first-order chi connectivity index (χ1) is 8.61. The van der Waals surface area contributed by atoms with Gasteiger partial charge in [-0.05, 0) is 14.1 Å². The Morgan fingerprint density at radius 3 is 2.78 bits per heavy atom. The zero-order chi connectivity index (χ0) is 13.4. The molecule has 1 aromatic heterocycles. The third-order valence-corrected chi connectivity index (χ3v) is 2.16. The number of nitrogens with one attached hydrogen (secondary N) is 1. The molecule has 3 N–H and O–H groups in total. The number of hydrogen-bond acceptors (Lipinski definition) is 7. The Hall–Kier alpha value is -1.60. The summed E-state index contributed by atoms with van der Waals surface area (Å²) in [5, 5.41) is 3.10. The lowest BCUT2D eigenvalue weighted by Crippen LogP contribution is -2.20. The normalized spacial score (nSPS) is 10.7. The van der Waals surface area contributed by atoms with Crippen LogP contribution in [0.3, 0.4) is 0 Å². The van der Waals surface area contributed by atoms with Crippen molar-refractivity contribution in [2.24, 2.45) is 0 Å². The fourth-order valence-electron chi connectivity index (χ4n) is 1.24. The second-order valence-corrected chi connectivity index (χ2v) is 4.00. The Morgan fingerprint density at radius 1 is 1.33 bits per heavy atom. The van der Waals surface area contributed by atoms with Gasteiger partial charge in [0.05, 0.1) is 20.3 Å². The number of nitrogen functional groups attached to an aromatic ring is 1.